The summed E-state index contributed by atoms with van der Waals surface area (Å²) in [5, 5.41) is 6.58. The van der Waals surface area contributed by atoms with Crippen LogP contribution in [0.4, 0.5) is 4.39 Å². The van der Waals surface area contributed by atoms with E-state index in [9.17, 15) is 4.39 Å². The Balaban J connectivity index is 1.76. The maximum Gasteiger partial charge on any atom is 0.219 e. The van der Waals surface area contributed by atoms with Crippen molar-refractivity contribution < 1.29 is 13.9 Å². The van der Waals surface area contributed by atoms with Gasteiger partial charge in [0.05, 0.1) is 0 Å². The zero-order valence-electron chi connectivity index (χ0n) is 17.3. The molecular weight excluding hydrogens is 373 g/mol. The van der Waals surface area contributed by atoms with E-state index in [1.807, 2.05) is 12.1 Å². The first-order chi connectivity index (χ1) is 14.1. The van der Waals surface area contributed by atoms with Crippen molar-refractivity contribution in [3.05, 3.63) is 54.0 Å². The van der Waals surface area contributed by atoms with Crippen molar-refractivity contribution in [3.8, 4) is 11.6 Å². The van der Waals surface area contributed by atoms with E-state index in [4.69, 9.17) is 9.47 Å². The fourth-order valence-electron chi connectivity index (χ4n) is 2.60. The molecule has 0 fully saturated rings. The fourth-order valence-corrected chi connectivity index (χ4v) is 2.60. The molecule has 0 aliphatic rings. The first-order valence-corrected chi connectivity index (χ1v) is 9.61. The van der Waals surface area contributed by atoms with Gasteiger partial charge in [-0.2, -0.15) is 0 Å². The molecule has 0 aliphatic carbocycles. The van der Waals surface area contributed by atoms with Crippen molar-refractivity contribution in [1.29, 1.82) is 0 Å². The third kappa shape index (κ3) is 8.89. The second-order valence-electron chi connectivity index (χ2n) is 6.56. The molecule has 8 heteroatoms. The smallest absolute Gasteiger partial charge is 0.219 e. The van der Waals surface area contributed by atoms with Crippen molar-refractivity contribution in [2.75, 3.05) is 47.4 Å². The molecule has 2 N–H and O–H groups in total. The van der Waals surface area contributed by atoms with Crippen LogP contribution < -0.4 is 15.4 Å². The average molecular weight is 404 g/mol. The van der Waals surface area contributed by atoms with Crippen LogP contribution in [0.2, 0.25) is 0 Å². The van der Waals surface area contributed by atoms with Gasteiger partial charge in [-0.25, -0.2) is 9.37 Å². The number of guanidine groups is 1. The summed E-state index contributed by atoms with van der Waals surface area (Å²) in [6.45, 7) is 4.05. The van der Waals surface area contributed by atoms with Crippen molar-refractivity contribution in [2.45, 2.75) is 13.0 Å². The van der Waals surface area contributed by atoms with Gasteiger partial charge in [-0.05, 0) is 49.4 Å². The predicted octanol–water partition coefficient (Wildman–Crippen LogP) is 2.65. The topological polar surface area (TPSA) is 71.0 Å². The Bertz CT molecular complexity index is 755. The molecule has 0 amide bonds. The number of halogens is 1. The summed E-state index contributed by atoms with van der Waals surface area (Å²) in [4.78, 5) is 10.7. The summed E-state index contributed by atoms with van der Waals surface area (Å²) in [7, 11) is 5.55. The van der Waals surface area contributed by atoms with Crippen LogP contribution in [0.15, 0.2) is 47.6 Å². The first-order valence-electron chi connectivity index (χ1n) is 9.61. The molecular formula is C21H30FN5O2. The van der Waals surface area contributed by atoms with Crippen LogP contribution in [-0.4, -0.2) is 63.3 Å². The number of hydrogen-bond acceptors (Lipinski definition) is 5. The minimum atomic E-state index is -0.302. The lowest BCUT2D eigenvalue weighted by atomic mass is 10.2. The number of aliphatic imine (C=N–C) groups is 1. The highest BCUT2D eigenvalue weighted by atomic mass is 19.1. The molecule has 1 aromatic carbocycles. The van der Waals surface area contributed by atoms with Gasteiger partial charge < -0.3 is 25.0 Å². The molecule has 2 rings (SSSR count). The Morgan fingerprint density at radius 2 is 1.97 bits per heavy atom. The second-order valence-corrected chi connectivity index (χ2v) is 6.56. The van der Waals surface area contributed by atoms with Crippen molar-refractivity contribution >= 4 is 5.96 Å². The molecule has 158 valence electrons. The minimum absolute atomic E-state index is 0.302. The lowest BCUT2D eigenvalue weighted by Gasteiger charge is -2.18. The van der Waals surface area contributed by atoms with E-state index in [1.165, 1.54) is 12.1 Å². The zero-order valence-corrected chi connectivity index (χ0v) is 17.3. The van der Waals surface area contributed by atoms with Crippen LogP contribution in [0.25, 0.3) is 0 Å². The van der Waals surface area contributed by atoms with E-state index in [0.717, 1.165) is 44.2 Å². The van der Waals surface area contributed by atoms with Gasteiger partial charge in [0.15, 0.2) is 5.96 Å². The summed E-state index contributed by atoms with van der Waals surface area (Å²) < 4.78 is 23.7. The molecule has 1 heterocycles. The third-order valence-electron chi connectivity index (χ3n) is 4.19. The van der Waals surface area contributed by atoms with Crippen LogP contribution in [-0.2, 0) is 11.3 Å². The van der Waals surface area contributed by atoms with E-state index in [2.05, 4.69) is 32.6 Å². The normalized spacial score (nSPS) is 11.6. The number of rotatable bonds is 11. The van der Waals surface area contributed by atoms with Crippen LogP contribution in [0.5, 0.6) is 11.6 Å². The molecule has 0 saturated carbocycles. The molecule has 29 heavy (non-hydrogen) atoms. The van der Waals surface area contributed by atoms with Crippen LogP contribution in [0, 0.1) is 5.82 Å². The molecule has 7 nitrogen and oxygen atoms in total. The number of likely N-dealkylation sites (N-methyl/N-ethyl adjacent to an activating group) is 1. The van der Waals surface area contributed by atoms with E-state index in [-0.39, 0.29) is 5.82 Å². The Morgan fingerprint density at radius 3 is 2.69 bits per heavy atom. The lowest BCUT2D eigenvalue weighted by Crippen LogP contribution is -2.40. The second kappa shape index (κ2) is 12.7. The molecule has 0 atom stereocenters. The van der Waals surface area contributed by atoms with E-state index >= 15 is 0 Å². The maximum absolute atomic E-state index is 13.0. The van der Waals surface area contributed by atoms with Gasteiger partial charge >= 0.3 is 0 Å². The number of nitrogens with one attached hydrogen (secondary N) is 2. The van der Waals surface area contributed by atoms with Gasteiger partial charge in [0.1, 0.15) is 11.6 Å². The number of methoxy groups -OCH3 is 1. The average Bonchev–Trinajstić information content (AvgIpc) is 2.73. The highest BCUT2D eigenvalue weighted by molar-refractivity contribution is 5.79. The minimum Gasteiger partial charge on any atom is -0.439 e. The predicted molar refractivity (Wildman–Crippen MR) is 113 cm³/mol. The number of ether oxygens (including phenoxy) is 2. The van der Waals surface area contributed by atoms with Crippen molar-refractivity contribution in [3.63, 3.8) is 0 Å². The summed E-state index contributed by atoms with van der Waals surface area (Å²) in [6, 6.07) is 9.59. The fraction of sp³-hybridized carbons (Fsp3) is 0.429. The molecule has 0 radical (unpaired) electrons. The summed E-state index contributed by atoms with van der Waals surface area (Å²) in [5.41, 5.74) is 0.997. The SMILES string of the molecule is CN=C(NCCN(C)CCCOC)NCc1ccnc(Oc2ccc(F)cc2)c1. The zero-order chi connectivity index (χ0) is 20.9. The maximum atomic E-state index is 13.0. The Hall–Kier alpha value is -2.71. The molecule has 1 aromatic heterocycles. The van der Waals surface area contributed by atoms with Gasteiger partial charge in [-0.1, -0.05) is 0 Å². The summed E-state index contributed by atoms with van der Waals surface area (Å²) in [5.74, 6) is 1.42. The van der Waals surface area contributed by atoms with Gasteiger partial charge in [0.25, 0.3) is 0 Å². The standard InChI is InChI=1S/C21H30FN5O2/c1-23-21(25-11-13-27(2)12-4-14-28-3)26-16-17-9-10-24-20(15-17)29-19-7-5-18(22)6-8-19/h5-10,15H,4,11-14,16H2,1-3H3,(H2,23,25,26). The largest absolute Gasteiger partial charge is 0.439 e. The highest BCUT2D eigenvalue weighted by Crippen LogP contribution is 2.20. The third-order valence-corrected chi connectivity index (χ3v) is 4.19. The Kier molecular flexibility index (Phi) is 9.88. The molecule has 0 spiro atoms. The molecule has 0 saturated heterocycles. The van der Waals surface area contributed by atoms with Gasteiger partial charge in [0.2, 0.25) is 5.88 Å². The quantitative estimate of drug-likeness (QED) is 0.342. The van der Waals surface area contributed by atoms with Crippen molar-refractivity contribution in [1.82, 2.24) is 20.5 Å². The molecule has 0 aliphatic heterocycles. The number of hydrogen-bond donors (Lipinski definition) is 2. The Labute approximate surface area is 172 Å². The summed E-state index contributed by atoms with van der Waals surface area (Å²) in [6.07, 6.45) is 2.70. The van der Waals surface area contributed by atoms with E-state index in [1.54, 1.807) is 32.5 Å². The number of benzene rings is 1. The highest BCUT2D eigenvalue weighted by Gasteiger charge is 2.04. The number of aromatic nitrogens is 1. The van der Waals surface area contributed by atoms with Crippen LogP contribution >= 0.6 is 0 Å². The summed E-state index contributed by atoms with van der Waals surface area (Å²) >= 11 is 0. The number of nitrogens with zero attached hydrogens (tertiary/aromatic N) is 3. The molecule has 0 unspecified atom stereocenters. The van der Waals surface area contributed by atoms with Crippen LogP contribution in [0.3, 0.4) is 0 Å². The molecule has 2 aromatic rings. The first kappa shape index (κ1) is 22.6. The van der Waals surface area contributed by atoms with Gasteiger partial charge in [-0.15, -0.1) is 0 Å². The van der Waals surface area contributed by atoms with Crippen molar-refractivity contribution in [2.24, 2.45) is 4.99 Å². The Morgan fingerprint density at radius 1 is 1.17 bits per heavy atom. The lowest BCUT2D eigenvalue weighted by molar-refractivity contribution is 0.180. The van der Waals surface area contributed by atoms with Gasteiger partial charge in [-0.3, -0.25) is 4.99 Å². The molecule has 0 bridgehead atoms. The van der Waals surface area contributed by atoms with Gasteiger partial charge in [0, 0.05) is 59.2 Å². The monoisotopic (exact) mass is 403 g/mol. The van der Waals surface area contributed by atoms with E-state index < -0.39 is 0 Å². The van der Waals surface area contributed by atoms with E-state index in [0.29, 0.717) is 18.2 Å². The number of pyridine rings is 1. The van der Waals surface area contributed by atoms with Crippen LogP contribution in [0.1, 0.15) is 12.0 Å².